The van der Waals surface area contributed by atoms with Crippen LogP contribution in [-0.4, -0.2) is 42.4 Å². The van der Waals surface area contributed by atoms with Crippen molar-refractivity contribution >= 4 is 23.4 Å². The molecule has 1 aromatic carbocycles. The molecule has 116 valence electrons. The fourth-order valence-electron chi connectivity index (χ4n) is 2.63. The standard InChI is InChI=1S/C16H17NO5/c1-9(18)14(12-8-13(19)17(2)16(12)21)15(20)10-4-6-11(22-3)7-5-10/h4-7,12,14H,8H2,1-3H3/t12-,14?/m1/s1. The van der Waals surface area contributed by atoms with Crippen LogP contribution in [0.15, 0.2) is 24.3 Å². The zero-order valence-corrected chi connectivity index (χ0v) is 12.7. The number of hydrogen-bond donors (Lipinski definition) is 0. The van der Waals surface area contributed by atoms with E-state index in [0.29, 0.717) is 11.3 Å². The summed E-state index contributed by atoms with van der Waals surface area (Å²) in [4.78, 5) is 49.2. The van der Waals surface area contributed by atoms with Gasteiger partial charge in [-0.1, -0.05) is 0 Å². The molecule has 1 heterocycles. The summed E-state index contributed by atoms with van der Waals surface area (Å²) in [6.45, 7) is 1.27. The van der Waals surface area contributed by atoms with Gasteiger partial charge in [0.15, 0.2) is 5.78 Å². The number of imide groups is 1. The van der Waals surface area contributed by atoms with E-state index < -0.39 is 29.3 Å². The molecule has 0 saturated carbocycles. The van der Waals surface area contributed by atoms with Crippen LogP contribution in [0.4, 0.5) is 0 Å². The Labute approximate surface area is 128 Å². The van der Waals surface area contributed by atoms with Crippen LogP contribution in [0.3, 0.4) is 0 Å². The number of Topliss-reactive ketones (excluding diaryl/α,β-unsaturated/α-hetero) is 2. The molecule has 0 aromatic heterocycles. The van der Waals surface area contributed by atoms with Gasteiger partial charge in [0, 0.05) is 19.0 Å². The second-order valence-electron chi connectivity index (χ2n) is 5.28. The van der Waals surface area contributed by atoms with Crippen molar-refractivity contribution in [2.24, 2.45) is 11.8 Å². The Morgan fingerprint density at radius 3 is 2.23 bits per heavy atom. The van der Waals surface area contributed by atoms with Crippen molar-refractivity contribution < 1.29 is 23.9 Å². The molecule has 1 aromatic rings. The Morgan fingerprint density at radius 1 is 1.23 bits per heavy atom. The number of likely N-dealkylation sites (tertiary alicyclic amines) is 1. The Hall–Kier alpha value is -2.50. The van der Waals surface area contributed by atoms with Crippen LogP contribution < -0.4 is 4.74 Å². The highest BCUT2D eigenvalue weighted by Gasteiger charge is 2.45. The molecule has 1 aliphatic heterocycles. The minimum Gasteiger partial charge on any atom is -0.497 e. The van der Waals surface area contributed by atoms with Gasteiger partial charge < -0.3 is 4.74 Å². The van der Waals surface area contributed by atoms with Gasteiger partial charge in [-0.2, -0.15) is 0 Å². The zero-order valence-electron chi connectivity index (χ0n) is 12.7. The Kier molecular flexibility index (Phi) is 4.40. The SMILES string of the molecule is COc1ccc(C(=O)C(C(C)=O)[C@H]2CC(=O)N(C)C2=O)cc1. The first-order valence-electron chi connectivity index (χ1n) is 6.86. The monoisotopic (exact) mass is 303 g/mol. The maximum Gasteiger partial charge on any atom is 0.233 e. The Morgan fingerprint density at radius 2 is 1.82 bits per heavy atom. The molecule has 2 amide bonds. The van der Waals surface area contributed by atoms with Crippen molar-refractivity contribution in [2.75, 3.05) is 14.2 Å². The molecular formula is C16H17NO5. The summed E-state index contributed by atoms with van der Waals surface area (Å²) in [6, 6.07) is 6.31. The molecule has 0 bridgehead atoms. The molecule has 6 nitrogen and oxygen atoms in total. The summed E-state index contributed by atoms with van der Waals surface area (Å²) in [5, 5.41) is 0. The summed E-state index contributed by atoms with van der Waals surface area (Å²) >= 11 is 0. The third kappa shape index (κ3) is 2.77. The Bertz CT molecular complexity index is 634. The van der Waals surface area contributed by atoms with E-state index in [0.717, 1.165) is 4.90 Å². The number of methoxy groups -OCH3 is 1. The first kappa shape index (κ1) is 15.9. The van der Waals surface area contributed by atoms with Gasteiger partial charge in [-0.25, -0.2) is 0 Å². The molecule has 6 heteroatoms. The van der Waals surface area contributed by atoms with Crippen molar-refractivity contribution in [3.63, 3.8) is 0 Å². The van der Waals surface area contributed by atoms with Crippen LogP contribution in [0.5, 0.6) is 5.75 Å². The van der Waals surface area contributed by atoms with E-state index in [9.17, 15) is 19.2 Å². The lowest BCUT2D eigenvalue weighted by molar-refractivity contribution is -0.139. The molecule has 1 saturated heterocycles. The molecule has 0 aliphatic carbocycles. The molecule has 1 unspecified atom stereocenters. The summed E-state index contributed by atoms with van der Waals surface area (Å²) in [5.41, 5.74) is 0.316. The van der Waals surface area contributed by atoms with E-state index in [1.54, 1.807) is 24.3 Å². The first-order valence-corrected chi connectivity index (χ1v) is 6.86. The van der Waals surface area contributed by atoms with E-state index in [1.165, 1.54) is 21.1 Å². The van der Waals surface area contributed by atoms with E-state index >= 15 is 0 Å². The molecule has 2 rings (SSSR count). The fraction of sp³-hybridized carbons (Fsp3) is 0.375. The highest BCUT2D eigenvalue weighted by atomic mass is 16.5. The third-order valence-corrected chi connectivity index (χ3v) is 3.91. The van der Waals surface area contributed by atoms with Gasteiger partial charge in [-0.3, -0.25) is 24.1 Å². The third-order valence-electron chi connectivity index (χ3n) is 3.91. The summed E-state index contributed by atoms with van der Waals surface area (Å²) in [5.74, 6) is -3.17. The topological polar surface area (TPSA) is 80.8 Å². The number of ketones is 2. The van der Waals surface area contributed by atoms with Crippen LogP contribution in [0, 0.1) is 11.8 Å². The van der Waals surface area contributed by atoms with Gasteiger partial charge in [0.05, 0.1) is 18.9 Å². The van der Waals surface area contributed by atoms with Gasteiger partial charge in [-0.05, 0) is 31.2 Å². The fourth-order valence-corrected chi connectivity index (χ4v) is 2.63. The first-order chi connectivity index (χ1) is 10.4. The number of ether oxygens (including phenoxy) is 1. The summed E-state index contributed by atoms with van der Waals surface area (Å²) in [7, 11) is 2.87. The quantitative estimate of drug-likeness (QED) is 0.462. The highest BCUT2D eigenvalue weighted by Crippen LogP contribution is 2.29. The number of carbonyl (C=O) groups is 4. The van der Waals surface area contributed by atoms with Crippen molar-refractivity contribution in [3.8, 4) is 5.75 Å². The number of nitrogens with zero attached hydrogens (tertiary/aromatic N) is 1. The van der Waals surface area contributed by atoms with E-state index in [-0.39, 0.29) is 12.3 Å². The van der Waals surface area contributed by atoms with Crippen molar-refractivity contribution in [2.45, 2.75) is 13.3 Å². The van der Waals surface area contributed by atoms with E-state index in [1.807, 2.05) is 0 Å². The van der Waals surface area contributed by atoms with Gasteiger partial charge in [0.1, 0.15) is 11.5 Å². The maximum absolute atomic E-state index is 12.6. The molecule has 0 spiro atoms. The molecule has 1 aliphatic rings. The summed E-state index contributed by atoms with van der Waals surface area (Å²) in [6.07, 6.45) is -0.110. The molecule has 2 atom stereocenters. The van der Waals surface area contributed by atoms with Crippen LogP contribution in [0.25, 0.3) is 0 Å². The van der Waals surface area contributed by atoms with Gasteiger partial charge >= 0.3 is 0 Å². The normalized spacial score (nSPS) is 19.2. The minimum atomic E-state index is -1.13. The lowest BCUT2D eigenvalue weighted by atomic mass is 9.82. The number of hydrogen-bond acceptors (Lipinski definition) is 5. The predicted molar refractivity (Wildman–Crippen MR) is 77.4 cm³/mol. The average molecular weight is 303 g/mol. The number of rotatable bonds is 5. The second kappa shape index (κ2) is 6.09. The van der Waals surface area contributed by atoms with Crippen LogP contribution >= 0.6 is 0 Å². The number of amides is 2. The molecule has 22 heavy (non-hydrogen) atoms. The van der Waals surface area contributed by atoms with E-state index in [2.05, 4.69) is 0 Å². The molecular weight excluding hydrogens is 286 g/mol. The smallest absolute Gasteiger partial charge is 0.233 e. The van der Waals surface area contributed by atoms with Crippen molar-refractivity contribution in [3.05, 3.63) is 29.8 Å². The van der Waals surface area contributed by atoms with E-state index in [4.69, 9.17) is 4.74 Å². The molecule has 0 radical (unpaired) electrons. The van der Waals surface area contributed by atoms with Crippen molar-refractivity contribution in [1.82, 2.24) is 4.90 Å². The zero-order chi connectivity index (χ0) is 16.4. The Balaban J connectivity index is 2.31. The second-order valence-corrected chi connectivity index (χ2v) is 5.28. The lowest BCUT2D eigenvalue weighted by Gasteiger charge is -2.18. The number of carbonyl (C=O) groups excluding carboxylic acids is 4. The van der Waals surface area contributed by atoms with Crippen LogP contribution in [0.1, 0.15) is 23.7 Å². The lowest BCUT2D eigenvalue weighted by Crippen LogP contribution is -2.35. The minimum absolute atomic E-state index is 0.110. The maximum atomic E-state index is 12.6. The van der Waals surface area contributed by atoms with Crippen LogP contribution in [0.2, 0.25) is 0 Å². The van der Waals surface area contributed by atoms with Crippen LogP contribution in [-0.2, 0) is 14.4 Å². The number of benzene rings is 1. The highest BCUT2D eigenvalue weighted by molar-refractivity contribution is 6.15. The van der Waals surface area contributed by atoms with Gasteiger partial charge in [0.25, 0.3) is 0 Å². The largest absolute Gasteiger partial charge is 0.497 e. The molecule has 1 fully saturated rings. The van der Waals surface area contributed by atoms with Gasteiger partial charge in [-0.15, -0.1) is 0 Å². The predicted octanol–water partition coefficient (Wildman–Crippen LogP) is 1.09. The van der Waals surface area contributed by atoms with Gasteiger partial charge in [0.2, 0.25) is 11.8 Å². The summed E-state index contributed by atoms with van der Waals surface area (Å²) < 4.78 is 5.02. The molecule has 0 N–H and O–H groups in total. The van der Waals surface area contributed by atoms with Crippen molar-refractivity contribution in [1.29, 1.82) is 0 Å². The average Bonchev–Trinajstić information content (AvgIpc) is 2.75.